The molecule has 1 aromatic heterocycles. The van der Waals surface area contributed by atoms with Crippen molar-refractivity contribution in [2.45, 2.75) is 6.42 Å². The highest BCUT2D eigenvalue weighted by molar-refractivity contribution is 9.10. The van der Waals surface area contributed by atoms with E-state index in [9.17, 15) is 18.4 Å². The van der Waals surface area contributed by atoms with Crippen LogP contribution in [0.25, 0.3) is 5.69 Å². The highest BCUT2D eigenvalue weighted by atomic mass is 79.9. The Hall–Kier alpha value is -3.07. The summed E-state index contributed by atoms with van der Waals surface area (Å²) < 4.78 is 29.2. The van der Waals surface area contributed by atoms with Gasteiger partial charge in [0.2, 0.25) is 5.91 Å². The maximum atomic E-state index is 14.2. The van der Waals surface area contributed by atoms with E-state index in [4.69, 9.17) is 0 Å². The zero-order valence-electron chi connectivity index (χ0n) is 14.5. The molecule has 0 saturated carbocycles. The summed E-state index contributed by atoms with van der Waals surface area (Å²) in [5.74, 6) is -1.98. The third-order valence-electron chi connectivity index (χ3n) is 3.79. The van der Waals surface area contributed by atoms with Crippen molar-refractivity contribution in [3.05, 3.63) is 76.5 Å². The summed E-state index contributed by atoms with van der Waals surface area (Å²) in [6.45, 7) is 0.0431. The number of amides is 2. The van der Waals surface area contributed by atoms with Gasteiger partial charge in [0.05, 0.1) is 5.56 Å². The molecule has 144 valence electrons. The predicted molar refractivity (Wildman–Crippen MR) is 103 cm³/mol. The van der Waals surface area contributed by atoms with Crippen molar-refractivity contribution in [2.75, 3.05) is 11.9 Å². The number of hydrogen-bond donors (Lipinski definition) is 2. The highest BCUT2D eigenvalue weighted by Crippen LogP contribution is 2.19. The maximum absolute atomic E-state index is 14.2. The third-order valence-corrected chi connectivity index (χ3v) is 4.48. The topological polar surface area (TPSA) is 76.0 Å². The molecule has 9 heteroatoms. The lowest BCUT2D eigenvalue weighted by molar-refractivity contribution is -0.116. The Labute approximate surface area is 167 Å². The Kier molecular flexibility index (Phi) is 6.15. The quantitative estimate of drug-likeness (QED) is 0.603. The summed E-state index contributed by atoms with van der Waals surface area (Å²) in [4.78, 5) is 24.1. The van der Waals surface area contributed by atoms with Crippen molar-refractivity contribution < 1.29 is 18.4 Å². The van der Waals surface area contributed by atoms with Crippen LogP contribution in [-0.2, 0) is 4.79 Å². The molecule has 0 aliphatic heterocycles. The minimum Gasteiger partial charge on any atom is -0.351 e. The van der Waals surface area contributed by atoms with Gasteiger partial charge >= 0.3 is 0 Å². The molecule has 0 aliphatic rings. The summed E-state index contributed by atoms with van der Waals surface area (Å²) in [7, 11) is 0. The number of anilines is 1. The van der Waals surface area contributed by atoms with Crippen molar-refractivity contribution in [1.82, 2.24) is 15.1 Å². The molecule has 0 spiro atoms. The van der Waals surface area contributed by atoms with Gasteiger partial charge in [-0.3, -0.25) is 9.59 Å². The number of benzene rings is 2. The Balaban J connectivity index is 1.52. The summed E-state index contributed by atoms with van der Waals surface area (Å²) >= 11 is 3.17. The van der Waals surface area contributed by atoms with Crippen LogP contribution in [-0.4, -0.2) is 28.1 Å². The van der Waals surface area contributed by atoms with Crippen LogP contribution in [0.2, 0.25) is 0 Å². The molecular weight excluding hydrogens is 434 g/mol. The van der Waals surface area contributed by atoms with Gasteiger partial charge in [-0.15, -0.1) is 0 Å². The Bertz CT molecular complexity index is 1010. The van der Waals surface area contributed by atoms with Gasteiger partial charge in [0.25, 0.3) is 5.91 Å². The summed E-state index contributed by atoms with van der Waals surface area (Å²) in [6.07, 6.45) is 3.11. The van der Waals surface area contributed by atoms with Crippen LogP contribution < -0.4 is 10.6 Å². The molecular formula is C19H15BrF2N4O2. The van der Waals surface area contributed by atoms with E-state index in [0.29, 0.717) is 4.47 Å². The molecule has 2 aromatic carbocycles. The number of halogens is 3. The van der Waals surface area contributed by atoms with E-state index in [-0.39, 0.29) is 29.9 Å². The lowest BCUT2D eigenvalue weighted by atomic mass is 10.2. The number of carbonyl (C=O) groups is 2. The SMILES string of the molecule is O=C(CCNC(=O)c1cc(F)ccc1Br)Nc1ccc(-n2cccn2)c(F)c1. The number of nitrogens with one attached hydrogen (secondary N) is 2. The molecule has 0 unspecified atom stereocenters. The fraction of sp³-hybridized carbons (Fsp3) is 0.105. The van der Waals surface area contributed by atoms with Crippen LogP contribution >= 0.6 is 15.9 Å². The largest absolute Gasteiger partial charge is 0.351 e. The van der Waals surface area contributed by atoms with Crippen LogP contribution in [0.15, 0.2) is 59.3 Å². The van der Waals surface area contributed by atoms with Crippen LogP contribution in [0.3, 0.4) is 0 Å². The number of aromatic nitrogens is 2. The van der Waals surface area contributed by atoms with Crippen molar-refractivity contribution in [3.8, 4) is 5.69 Å². The second kappa shape index (κ2) is 8.75. The zero-order valence-corrected chi connectivity index (χ0v) is 16.0. The normalized spacial score (nSPS) is 10.5. The molecule has 6 nitrogen and oxygen atoms in total. The van der Waals surface area contributed by atoms with Crippen LogP contribution in [0, 0.1) is 11.6 Å². The molecule has 2 amide bonds. The van der Waals surface area contributed by atoms with Gasteiger partial charge in [-0.2, -0.15) is 5.10 Å². The smallest absolute Gasteiger partial charge is 0.252 e. The molecule has 2 N–H and O–H groups in total. The van der Waals surface area contributed by atoms with Gasteiger partial charge in [0.15, 0.2) is 5.82 Å². The van der Waals surface area contributed by atoms with Crippen molar-refractivity contribution in [1.29, 1.82) is 0 Å². The summed E-state index contributed by atoms with van der Waals surface area (Å²) in [6, 6.07) is 9.68. The first-order valence-electron chi connectivity index (χ1n) is 8.27. The molecule has 0 aliphatic carbocycles. The first kappa shape index (κ1) is 19.7. The van der Waals surface area contributed by atoms with E-state index in [1.165, 1.54) is 35.1 Å². The van der Waals surface area contributed by atoms with Gasteiger partial charge in [0, 0.05) is 35.5 Å². The van der Waals surface area contributed by atoms with Crippen molar-refractivity contribution in [2.24, 2.45) is 0 Å². The molecule has 28 heavy (non-hydrogen) atoms. The van der Waals surface area contributed by atoms with E-state index in [2.05, 4.69) is 31.7 Å². The van der Waals surface area contributed by atoms with Crippen LogP contribution in [0.5, 0.6) is 0 Å². The average molecular weight is 449 g/mol. The Morgan fingerprint density at radius 2 is 1.96 bits per heavy atom. The molecule has 0 fully saturated rings. The standard InChI is InChI=1S/C19H15BrF2N4O2/c20-15-4-2-12(21)10-14(15)19(28)23-8-6-18(27)25-13-3-5-17(16(22)11-13)26-9-1-7-24-26/h1-5,7,9-11H,6,8H2,(H,23,28)(H,25,27). The molecule has 0 saturated heterocycles. The molecule has 3 rings (SSSR count). The lowest BCUT2D eigenvalue weighted by Crippen LogP contribution is -2.28. The molecule has 0 atom stereocenters. The van der Waals surface area contributed by atoms with E-state index >= 15 is 0 Å². The van der Waals surface area contributed by atoms with Crippen molar-refractivity contribution in [3.63, 3.8) is 0 Å². The van der Waals surface area contributed by atoms with Crippen molar-refractivity contribution >= 4 is 33.4 Å². The second-order valence-corrected chi connectivity index (χ2v) is 6.65. The van der Waals surface area contributed by atoms with E-state index < -0.39 is 23.4 Å². The molecule has 0 radical (unpaired) electrons. The minimum atomic E-state index is -0.536. The van der Waals surface area contributed by atoms with E-state index in [0.717, 1.165) is 6.07 Å². The fourth-order valence-corrected chi connectivity index (χ4v) is 2.89. The molecule has 0 bridgehead atoms. The van der Waals surface area contributed by atoms with Crippen LogP contribution in [0.1, 0.15) is 16.8 Å². The fourth-order valence-electron chi connectivity index (χ4n) is 2.46. The molecule has 3 aromatic rings. The Morgan fingerprint density at radius 3 is 2.68 bits per heavy atom. The second-order valence-electron chi connectivity index (χ2n) is 5.80. The van der Waals surface area contributed by atoms with Gasteiger partial charge in [0.1, 0.15) is 11.5 Å². The first-order chi connectivity index (χ1) is 13.4. The van der Waals surface area contributed by atoms with Gasteiger partial charge in [-0.05, 0) is 58.4 Å². The van der Waals surface area contributed by atoms with Crippen LogP contribution in [0.4, 0.5) is 14.5 Å². The number of nitrogens with zero attached hydrogens (tertiary/aromatic N) is 2. The number of carbonyl (C=O) groups excluding carboxylic acids is 2. The van der Waals surface area contributed by atoms with E-state index in [1.807, 2.05) is 0 Å². The molecule has 1 heterocycles. The maximum Gasteiger partial charge on any atom is 0.252 e. The van der Waals surface area contributed by atoms with Gasteiger partial charge < -0.3 is 10.6 Å². The Morgan fingerprint density at radius 1 is 1.14 bits per heavy atom. The van der Waals surface area contributed by atoms with E-state index in [1.54, 1.807) is 18.3 Å². The number of rotatable bonds is 6. The summed E-state index contributed by atoms with van der Waals surface area (Å²) in [5, 5.41) is 9.05. The first-order valence-corrected chi connectivity index (χ1v) is 9.06. The summed E-state index contributed by atoms with van der Waals surface area (Å²) in [5.41, 5.74) is 0.685. The minimum absolute atomic E-state index is 0.0266. The zero-order chi connectivity index (χ0) is 20.1. The lowest BCUT2D eigenvalue weighted by Gasteiger charge is -2.09. The van der Waals surface area contributed by atoms with Gasteiger partial charge in [-0.25, -0.2) is 13.5 Å². The monoisotopic (exact) mass is 448 g/mol. The third kappa shape index (κ3) is 4.80. The van der Waals surface area contributed by atoms with Gasteiger partial charge in [-0.1, -0.05) is 0 Å². The highest BCUT2D eigenvalue weighted by Gasteiger charge is 2.12. The predicted octanol–water partition coefficient (Wildman–Crippen LogP) is 3.67. The number of hydrogen-bond acceptors (Lipinski definition) is 3. The average Bonchev–Trinajstić information content (AvgIpc) is 3.18.